The van der Waals surface area contributed by atoms with Crippen LogP contribution in [0.5, 0.6) is 0 Å². The van der Waals surface area contributed by atoms with Crippen LogP contribution in [0.1, 0.15) is 42.7 Å². The van der Waals surface area contributed by atoms with Crippen LogP contribution in [0.3, 0.4) is 0 Å². The maximum absolute atomic E-state index is 12.9. The summed E-state index contributed by atoms with van der Waals surface area (Å²) in [5.74, 6) is 0.637. The molecule has 168 valence electrons. The van der Waals surface area contributed by atoms with Gasteiger partial charge in [0.25, 0.3) is 5.56 Å². The molecule has 2 aliphatic rings. The molecule has 3 aromatic rings. The van der Waals surface area contributed by atoms with Crippen molar-refractivity contribution >= 4 is 5.69 Å². The molecule has 2 fully saturated rings. The number of anilines is 1. The Bertz CT molecular complexity index is 1140. The number of hydrogen-bond acceptors (Lipinski definition) is 8. The van der Waals surface area contributed by atoms with E-state index in [4.69, 9.17) is 9.26 Å². The molecule has 0 amide bonds. The summed E-state index contributed by atoms with van der Waals surface area (Å²) in [6.45, 7) is 7.61. The highest BCUT2D eigenvalue weighted by molar-refractivity contribution is 5.58. The van der Waals surface area contributed by atoms with E-state index in [0.717, 1.165) is 68.9 Å². The van der Waals surface area contributed by atoms with Gasteiger partial charge in [-0.2, -0.15) is 10.2 Å². The van der Waals surface area contributed by atoms with E-state index in [2.05, 4.69) is 25.4 Å². The van der Waals surface area contributed by atoms with Crippen LogP contribution in [0.4, 0.5) is 5.69 Å². The molecule has 5 rings (SSSR count). The van der Waals surface area contributed by atoms with Crippen molar-refractivity contribution in [1.29, 1.82) is 0 Å². The standard InChI is InChI=1S/C23H28N6O3/c1-16-3-4-20(26-25-16)22-19(17(2)32-27-22)15-29-21(30)13-18(14-24-29)28-9-5-23(6-10-28)7-11-31-12-8-23/h3-4,13-14H,5-12,15H2,1-2H3. The Kier molecular flexibility index (Phi) is 5.50. The van der Waals surface area contributed by atoms with Gasteiger partial charge in [0, 0.05) is 37.9 Å². The zero-order valence-electron chi connectivity index (χ0n) is 18.6. The quantitative estimate of drug-likeness (QED) is 0.616. The second kappa shape index (κ2) is 8.46. The lowest BCUT2D eigenvalue weighted by Crippen LogP contribution is -2.43. The summed E-state index contributed by atoms with van der Waals surface area (Å²) < 4.78 is 12.4. The molecule has 0 atom stereocenters. The molecular weight excluding hydrogens is 408 g/mol. The van der Waals surface area contributed by atoms with Crippen LogP contribution in [0, 0.1) is 19.3 Å². The first-order valence-corrected chi connectivity index (χ1v) is 11.2. The van der Waals surface area contributed by atoms with Crippen molar-refractivity contribution in [3.05, 3.63) is 51.8 Å². The number of hydrogen-bond donors (Lipinski definition) is 0. The molecule has 0 saturated carbocycles. The first-order chi connectivity index (χ1) is 15.5. The van der Waals surface area contributed by atoms with Gasteiger partial charge in [-0.15, -0.1) is 5.10 Å². The normalized spacial score (nSPS) is 18.2. The Morgan fingerprint density at radius 1 is 1.06 bits per heavy atom. The third-order valence-corrected chi connectivity index (χ3v) is 6.93. The molecule has 3 aromatic heterocycles. The van der Waals surface area contributed by atoms with Gasteiger partial charge in [0.15, 0.2) is 0 Å². The molecule has 1 spiro atoms. The first kappa shape index (κ1) is 20.8. The van der Waals surface area contributed by atoms with Crippen LogP contribution in [-0.4, -0.2) is 51.4 Å². The van der Waals surface area contributed by atoms with Crippen molar-refractivity contribution in [2.75, 3.05) is 31.2 Å². The highest BCUT2D eigenvalue weighted by atomic mass is 16.5. The lowest BCUT2D eigenvalue weighted by atomic mass is 9.72. The fourth-order valence-electron chi connectivity index (χ4n) is 4.71. The molecule has 0 radical (unpaired) electrons. The molecule has 0 aliphatic carbocycles. The summed E-state index contributed by atoms with van der Waals surface area (Å²) in [5.41, 5.74) is 3.97. The number of aryl methyl sites for hydroxylation is 2. The van der Waals surface area contributed by atoms with Crippen molar-refractivity contribution in [3.63, 3.8) is 0 Å². The zero-order chi connectivity index (χ0) is 22.1. The largest absolute Gasteiger partial charge is 0.381 e. The average Bonchev–Trinajstić information content (AvgIpc) is 3.17. The van der Waals surface area contributed by atoms with E-state index in [0.29, 0.717) is 22.6 Å². The Hall–Kier alpha value is -3.07. The fourth-order valence-corrected chi connectivity index (χ4v) is 4.71. The summed E-state index contributed by atoms with van der Waals surface area (Å²) >= 11 is 0. The molecule has 0 bridgehead atoms. The van der Waals surface area contributed by atoms with Gasteiger partial charge in [-0.05, 0) is 57.1 Å². The molecule has 5 heterocycles. The maximum Gasteiger partial charge on any atom is 0.269 e. The number of aromatic nitrogens is 5. The molecule has 2 aliphatic heterocycles. The molecular formula is C23H28N6O3. The average molecular weight is 437 g/mol. The van der Waals surface area contributed by atoms with Crippen molar-refractivity contribution in [1.82, 2.24) is 25.1 Å². The van der Waals surface area contributed by atoms with E-state index >= 15 is 0 Å². The van der Waals surface area contributed by atoms with Gasteiger partial charge in [-0.25, -0.2) is 4.68 Å². The first-order valence-electron chi connectivity index (χ1n) is 11.2. The minimum Gasteiger partial charge on any atom is -0.381 e. The molecule has 0 N–H and O–H groups in total. The van der Waals surface area contributed by atoms with E-state index in [1.165, 1.54) is 4.68 Å². The van der Waals surface area contributed by atoms with Gasteiger partial charge in [0.2, 0.25) is 0 Å². The van der Waals surface area contributed by atoms with E-state index in [9.17, 15) is 4.79 Å². The summed E-state index contributed by atoms with van der Waals surface area (Å²) in [7, 11) is 0. The predicted molar refractivity (Wildman–Crippen MR) is 119 cm³/mol. The highest BCUT2D eigenvalue weighted by Gasteiger charge is 2.36. The third-order valence-electron chi connectivity index (χ3n) is 6.93. The van der Waals surface area contributed by atoms with Gasteiger partial charge in [0.05, 0.1) is 24.1 Å². The summed E-state index contributed by atoms with van der Waals surface area (Å²) in [6.07, 6.45) is 6.36. The zero-order valence-corrected chi connectivity index (χ0v) is 18.6. The lowest BCUT2D eigenvalue weighted by molar-refractivity contribution is 0.00211. The van der Waals surface area contributed by atoms with Crippen LogP contribution in [0.15, 0.2) is 33.7 Å². The van der Waals surface area contributed by atoms with Crippen molar-refractivity contribution in [2.24, 2.45) is 5.41 Å². The third kappa shape index (κ3) is 4.04. The smallest absolute Gasteiger partial charge is 0.269 e. The monoisotopic (exact) mass is 436 g/mol. The van der Waals surface area contributed by atoms with Crippen LogP contribution in [0.25, 0.3) is 11.4 Å². The Morgan fingerprint density at radius 3 is 2.53 bits per heavy atom. The molecule has 9 heteroatoms. The van der Waals surface area contributed by atoms with E-state index in [1.54, 1.807) is 12.3 Å². The lowest BCUT2D eigenvalue weighted by Gasteiger charge is -2.44. The Morgan fingerprint density at radius 2 is 1.84 bits per heavy atom. The van der Waals surface area contributed by atoms with Gasteiger partial charge >= 0.3 is 0 Å². The predicted octanol–water partition coefficient (Wildman–Crippen LogP) is 2.75. The maximum atomic E-state index is 12.9. The van der Waals surface area contributed by atoms with Crippen molar-refractivity contribution in [3.8, 4) is 11.4 Å². The molecule has 32 heavy (non-hydrogen) atoms. The van der Waals surface area contributed by atoms with Crippen LogP contribution < -0.4 is 10.5 Å². The van der Waals surface area contributed by atoms with Crippen LogP contribution >= 0.6 is 0 Å². The second-order valence-corrected chi connectivity index (χ2v) is 8.93. The second-order valence-electron chi connectivity index (χ2n) is 8.93. The SMILES string of the molecule is Cc1ccc(-c2noc(C)c2Cn2ncc(N3CCC4(CCOCC4)CC3)cc2=O)nn1. The topological polar surface area (TPSA) is 99.2 Å². The molecule has 0 aromatic carbocycles. The van der Waals surface area contributed by atoms with Gasteiger partial charge < -0.3 is 14.2 Å². The van der Waals surface area contributed by atoms with Crippen LogP contribution in [-0.2, 0) is 11.3 Å². The summed E-state index contributed by atoms with van der Waals surface area (Å²) in [5, 5.41) is 16.9. The molecule has 0 unspecified atom stereocenters. The fraction of sp³-hybridized carbons (Fsp3) is 0.522. The van der Waals surface area contributed by atoms with Crippen molar-refractivity contribution in [2.45, 2.75) is 46.1 Å². The number of rotatable bonds is 4. The van der Waals surface area contributed by atoms with Crippen LogP contribution in [0.2, 0.25) is 0 Å². The number of piperidine rings is 1. The summed E-state index contributed by atoms with van der Waals surface area (Å²) in [6, 6.07) is 5.41. The highest BCUT2D eigenvalue weighted by Crippen LogP contribution is 2.41. The molecule has 9 nitrogen and oxygen atoms in total. The number of nitrogens with zero attached hydrogens (tertiary/aromatic N) is 6. The van der Waals surface area contributed by atoms with Gasteiger partial charge in [-0.3, -0.25) is 4.79 Å². The Balaban J connectivity index is 1.32. The van der Waals surface area contributed by atoms with Crippen molar-refractivity contribution < 1.29 is 9.26 Å². The van der Waals surface area contributed by atoms with E-state index < -0.39 is 0 Å². The molecule has 2 saturated heterocycles. The van der Waals surface area contributed by atoms with E-state index in [1.807, 2.05) is 26.0 Å². The van der Waals surface area contributed by atoms with Gasteiger partial charge in [-0.1, -0.05) is 5.16 Å². The minimum atomic E-state index is -0.143. The van der Waals surface area contributed by atoms with E-state index in [-0.39, 0.29) is 12.1 Å². The van der Waals surface area contributed by atoms with Gasteiger partial charge in [0.1, 0.15) is 17.1 Å². The summed E-state index contributed by atoms with van der Waals surface area (Å²) in [4.78, 5) is 15.2. The minimum absolute atomic E-state index is 0.143. The number of ether oxygens (including phenoxy) is 1. The Labute approximate surface area is 186 Å².